The first-order chi connectivity index (χ1) is 4.88. The molecule has 10 heavy (non-hydrogen) atoms. The molecule has 0 saturated carbocycles. The third-order valence-electron chi connectivity index (χ3n) is 1.26. The largest absolute Gasteiger partial charge is 0.392 e. The Balaban J connectivity index is 3.12. The first-order valence-electron chi connectivity index (χ1n) is 2.95. The molecule has 0 unspecified atom stereocenters. The predicted molar refractivity (Wildman–Crippen MR) is 39.1 cm³/mol. The van der Waals surface area contributed by atoms with Crippen molar-refractivity contribution in [1.29, 1.82) is 0 Å². The van der Waals surface area contributed by atoms with Crippen molar-refractivity contribution in [1.82, 2.24) is 0 Å². The van der Waals surface area contributed by atoms with Crippen LogP contribution in [-0.4, -0.2) is 5.11 Å². The van der Waals surface area contributed by atoms with Crippen LogP contribution in [0, 0.1) is 18.4 Å². The van der Waals surface area contributed by atoms with Crippen molar-refractivity contribution in [2.75, 3.05) is 0 Å². The van der Waals surface area contributed by atoms with E-state index in [4.69, 9.17) is 11.5 Å². The quantitative estimate of drug-likeness (QED) is 0.563. The van der Waals surface area contributed by atoms with E-state index in [9.17, 15) is 0 Å². The highest BCUT2D eigenvalue weighted by molar-refractivity contribution is 5.38. The fourth-order valence-corrected chi connectivity index (χ4v) is 0.738. The summed E-state index contributed by atoms with van der Waals surface area (Å²) in [7, 11) is 0. The number of benzene rings is 1. The van der Waals surface area contributed by atoms with Gasteiger partial charge in [-0.15, -0.1) is 6.42 Å². The Bertz CT molecular complexity index is 258. The molecule has 0 aliphatic heterocycles. The zero-order valence-corrected chi connectivity index (χ0v) is 5.46. The van der Waals surface area contributed by atoms with Crippen LogP contribution in [-0.2, 0) is 6.61 Å². The molecule has 0 heterocycles. The maximum atomic E-state index is 8.73. The van der Waals surface area contributed by atoms with Gasteiger partial charge in [0.2, 0.25) is 0 Å². The Morgan fingerprint density at radius 1 is 1.70 bits per heavy atom. The summed E-state index contributed by atoms with van der Waals surface area (Å²) >= 11 is 0. The summed E-state index contributed by atoms with van der Waals surface area (Å²) in [4.78, 5) is 0. The van der Waals surface area contributed by atoms with Gasteiger partial charge in [0.15, 0.2) is 0 Å². The lowest BCUT2D eigenvalue weighted by molar-refractivity contribution is 0.281. The lowest BCUT2D eigenvalue weighted by Crippen LogP contribution is -1.87. The van der Waals surface area contributed by atoms with Crippen LogP contribution in [0.5, 0.6) is 0 Å². The predicted octanol–water partition coefficient (Wildman–Crippen LogP) is 0.960. The van der Waals surface area contributed by atoms with Crippen molar-refractivity contribution in [2.45, 2.75) is 6.61 Å². The average molecular weight is 131 g/mol. The summed E-state index contributed by atoms with van der Waals surface area (Å²) in [6.45, 7) is -0.0170. The first kappa shape index (κ1) is 6.85. The van der Waals surface area contributed by atoms with E-state index in [-0.39, 0.29) is 6.61 Å². The third kappa shape index (κ3) is 1.18. The minimum Gasteiger partial charge on any atom is -0.392 e. The molecule has 0 aromatic heterocycles. The summed E-state index contributed by atoms with van der Waals surface area (Å²) in [5, 5.41) is 8.73. The van der Waals surface area contributed by atoms with Crippen LogP contribution in [0.2, 0.25) is 0 Å². The SMILES string of the molecule is C#Cc1[c]cccc1CO. The molecule has 0 amide bonds. The minimum absolute atomic E-state index is 0.0170. The molecule has 0 saturated heterocycles. The van der Waals surface area contributed by atoms with E-state index in [1.165, 1.54) is 0 Å². The maximum Gasteiger partial charge on any atom is 0.0694 e. The number of terminal acetylenes is 1. The van der Waals surface area contributed by atoms with E-state index in [1.807, 2.05) is 0 Å². The van der Waals surface area contributed by atoms with Crippen LogP contribution in [0.4, 0.5) is 0 Å². The van der Waals surface area contributed by atoms with Crippen LogP contribution < -0.4 is 0 Å². The number of aliphatic hydroxyl groups is 1. The Labute approximate surface area is 60.3 Å². The summed E-state index contributed by atoms with van der Waals surface area (Å²) in [5.41, 5.74) is 1.40. The molecular formula is C9H7O. The number of hydrogen-bond acceptors (Lipinski definition) is 1. The average Bonchev–Trinajstić information content (AvgIpc) is 2.04. The first-order valence-corrected chi connectivity index (χ1v) is 2.95. The molecule has 1 radical (unpaired) electrons. The molecule has 1 heteroatoms. The standard InChI is InChI=1S/C9H7O/c1-2-8-5-3-4-6-9(8)7-10/h1,3-4,6,10H,7H2. The van der Waals surface area contributed by atoms with Crippen molar-refractivity contribution in [3.05, 3.63) is 35.4 Å². The summed E-state index contributed by atoms with van der Waals surface area (Å²) in [6, 6.07) is 8.15. The zero-order chi connectivity index (χ0) is 7.40. The van der Waals surface area contributed by atoms with Crippen LogP contribution in [0.3, 0.4) is 0 Å². The van der Waals surface area contributed by atoms with Crippen LogP contribution in [0.25, 0.3) is 0 Å². The molecule has 1 N–H and O–H groups in total. The molecule has 0 aliphatic carbocycles. The topological polar surface area (TPSA) is 20.2 Å². The van der Waals surface area contributed by atoms with Gasteiger partial charge in [-0.2, -0.15) is 0 Å². The highest BCUT2D eigenvalue weighted by Gasteiger charge is 1.94. The molecule has 49 valence electrons. The Kier molecular flexibility index (Phi) is 2.09. The highest BCUT2D eigenvalue weighted by atomic mass is 16.3. The van der Waals surface area contributed by atoms with Gasteiger partial charge in [-0.1, -0.05) is 24.1 Å². The van der Waals surface area contributed by atoms with Gasteiger partial charge in [-0.05, 0) is 11.6 Å². The van der Waals surface area contributed by atoms with Gasteiger partial charge in [0.1, 0.15) is 0 Å². The van der Waals surface area contributed by atoms with E-state index < -0.39 is 0 Å². The molecule has 1 aromatic rings. The van der Waals surface area contributed by atoms with Crippen molar-refractivity contribution in [3.8, 4) is 12.3 Å². The summed E-state index contributed by atoms with van der Waals surface area (Å²) in [5.74, 6) is 2.43. The number of hydrogen-bond donors (Lipinski definition) is 1. The van der Waals surface area contributed by atoms with Gasteiger partial charge in [0, 0.05) is 5.56 Å². The monoisotopic (exact) mass is 131 g/mol. The molecule has 1 aromatic carbocycles. The van der Waals surface area contributed by atoms with Crippen molar-refractivity contribution >= 4 is 0 Å². The van der Waals surface area contributed by atoms with Crippen LogP contribution >= 0.6 is 0 Å². The van der Waals surface area contributed by atoms with Crippen molar-refractivity contribution in [3.63, 3.8) is 0 Å². The van der Waals surface area contributed by atoms with Crippen LogP contribution in [0.1, 0.15) is 11.1 Å². The fourth-order valence-electron chi connectivity index (χ4n) is 0.738. The van der Waals surface area contributed by atoms with Crippen molar-refractivity contribution < 1.29 is 5.11 Å². The Hall–Kier alpha value is -1.26. The molecule has 0 atom stereocenters. The van der Waals surface area contributed by atoms with Crippen molar-refractivity contribution in [2.24, 2.45) is 0 Å². The van der Waals surface area contributed by atoms with Gasteiger partial charge < -0.3 is 5.11 Å². The molecule has 1 nitrogen and oxygen atoms in total. The second-order valence-electron chi connectivity index (χ2n) is 1.87. The smallest absolute Gasteiger partial charge is 0.0694 e. The summed E-state index contributed by atoms with van der Waals surface area (Å²) in [6.07, 6.45) is 5.13. The lowest BCUT2D eigenvalue weighted by Gasteiger charge is -1.96. The Morgan fingerprint density at radius 3 is 3.00 bits per heavy atom. The molecule has 0 fully saturated rings. The van der Waals surface area contributed by atoms with E-state index in [0.29, 0.717) is 5.56 Å². The molecule has 0 spiro atoms. The third-order valence-corrected chi connectivity index (χ3v) is 1.26. The second-order valence-corrected chi connectivity index (χ2v) is 1.87. The van der Waals surface area contributed by atoms with E-state index >= 15 is 0 Å². The van der Waals surface area contributed by atoms with Crippen LogP contribution in [0.15, 0.2) is 18.2 Å². The van der Waals surface area contributed by atoms with E-state index in [2.05, 4.69) is 12.0 Å². The zero-order valence-electron chi connectivity index (χ0n) is 5.46. The van der Waals surface area contributed by atoms with Gasteiger partial charge in [0.25, 0.3) is 0 Å². The number of aliphatic hydroxyl groups excluding tert-OH is 1. The minimum atomic E-state index is -0.0170. The maximum absolute atomic E-state index is 8.73. The van der Waals surface area contributed by atoms with Gasteiger partial charge >= 0.3 is 0 Å². The van der Waals surface area contributed by atoms with Gasteiger partial charge in [-0.25, -0.2) is 0 Å². The normalized spacial score (nSPS) is 8.80. The number of rotatable bonds is 1. The highest BCUT2D eigenvalue weighted by Crippen LogP contribution is 2.04. The Morgan fingerprint density at radius 2 is 2.50 bits per heavy atom. The fraction of sp³-hybridized carbons (Fsp3) is 0.111. The lowest BCUT2D eigenvalue weighted by atomic mass is 10.1. The second kappa shape index (κ2) is 3.05. The van der Waals surface area contributed by atoms with E-state index in [0.717, 1.165) is 5.56 Å². The summed E-state index contributed by atoms with van der Waals surface area (Å²) < 4.78 is 0. The molecule has 0 bridgehead atoms. The van der Waals surface area contributed by atoms with E-state index in [1.54, 1.807) is 18.2 Å². The molecule has 1 rings (SSSR count). The molecular weight excluding hydrogens is 124 g/mol. The molecule has 0 aliphatic rings. The van der Waals surface area contributed by atoms with Gasteiger partial charge in [-0.3, -0.25) is 0 Å². The van der Waals surface area contributed by atoms with Gasteiger partial charge in [0.05, 0.1) is 6.61 Å².